The Bertz CT molecular complexity index is 695. The number of nitrogen functional groups attached to an aromatic ring is 1. The van der Waals surface area contributed by atoms with Gasteiger partial charge in [0.15, 0.2) is 0 Å². The summed E-state index contributed by atoms with van der Waals surface area (Å²) in [5, 5.41) is 0.976. The predicted octanol–water partition coefficient (Wildman–Crippen LogP) is 1.43. The van der Waals surface area contributed by atoms with Crippen LogP contribution in [0.2, 0.25) is 0 Å². The van der Waals surface area contributed by atoms with E-state index < -0.39 is 0 Å². The van der Waals surface area contributed by atoms with Gasteiger partial charge in [-0.2, -0.15) is 0 Å². The number of nitrogens with two attached hydrogens (primary N) is 2. The van der Waals surface area contributed by atoms with E-state index in [9.17, 15) is 9.59 Å². The van der Waals surface area contributed by atoms with Gasteiger partial charge in [-0.3, -0.25) is 9.59 Å². The van der Waals surface area contributed by atoms with Gasteiger partial charge in [-0.25, -0.2) is 0 Å². The highest BCUT2D eigenvalue weighted by molar-refractivity contribution is 7.20. The summed E-state index contributed by atoms with van der Waals surface area (Å²) in [5.74, 6) is -0.582. The number of thiophene rings is 1. The van der Waals surface area contributed by atoms with Crippen molar-refractivity contribution in [1.29, 1.82) is 0 Å². The highest BCUT2D eigenvalue weighted by Crippen LogP contribution is 2.29. The summed E-state index contributed by atoms with van der Waals surface area (Å²) in [6, 6.07) is 7.46. The molecule has 2 amide bonds. The molecule has 1 fully saturated rings. The van der Waals surface area contributed by atoms with Gasteiger partial charge in [0, 0.05) is 23.5 Å². The maximum Gasteiger partial charge on any atom is 0.263 e. The average molecular weight is 289 g/mol. The molecule has 5 nitrogen and oxygen atoms in total. The number of hydrogen-bond donors (Lipinski definition) is 2. The number of carbonyl (C=O) groups is 2. The lowest BCUT2D eigenvalue weighted by molar-refractivity contribution is -0.121. The fourth-order valence-corrected chi connectivity index (χ4v) is 3.51. The van der Waals surface area contributed by atoms with Crippen LogP contribution in [0.1, 0.15) is 16.1 Å². The zero-order valence-electron chi connectivity index (χ0n) is 10.8. The summed E-state index contributed by atoms with van der Waals surface area (Å²) in [6.45, 7) is 1.01. The van der Waals surface area contributed by atoms with E-state index in [1.807, 2.05) is 24.3 Å². The van der Waals surface area contributed by atoms with Crippen LogP contribution in [0.3, 0.4) is 0 Å². The van der Waals surface area contributed by atoms with E-state index >= 15 is 0 Å². The Labute approximate surface area is 120 Å². The summed E-state index contributed by atoms with van der Waals surface area (Å²) in [6.07, 6.45) is 0.652. The molecule has 0 radical (unpaired) electrons. The molecule has 1 aliphatic heterocycles. The molecule has 1 aromatic carbocycles. The molecule has 1 saturated heterocycles. The molecule has 0 bridgehead atoms. The molecular weight excluding hydrogens is 274 g/mol. The van der Waals surface area contributed by atoms with Gasteiger partial charge in [-0.15, -0.1) is 11.3 Å². The second kappa shape index (κ2) is 4.79. The van der Waals surface area contributed by atoms with Gasteiger partial charge in [-0.1, -0.05) is 0 Å². The molecule has 104 valence electrons. The Morgan fingerprint density at radius 3 is 2.80 bits per heavy atom. The Morgan fingerprint density at radius 2 is 2.10 bits per heavy atom. The van der Waals surface area contributed by atoms with Gasteiger partial charge in [0.2, 0.25) is 5.91 Å². The molecule has 1 aromatic heterocycles. The largest absolute Gasteiger partial charge is 0.399 e. The van der Waals surface area contributed by atoms with E-state index in [1.54, 1.807) is 4.90 Å². The van der Waals surface area contributed by atoms with Crippen molar-refractivity contribution in [2.75, 3.05) is 18.8 Å². The second-order valence-corrected chi connectivity index (χ2v) is 6.13. The lowest BCUT2D eigenvalue weighted by atomic mass is 10.1. The molecule has 0 saturated carbocycles. The van der Waals surface area contributed by atoms with Gasteiger partial charge >= 0.3 is 0 Å². The van der Waals surface area contributed by atoms with Crippen LogP contribution < -0.4 is 11.5 Å². The number of rotatable bonds is 2. The van der Waals surface area contributed by atoms with Crippen molar-refractivity contribution in [1.82, 2.24) is 4.90 Å². The number of hydrogen-bond acceptors (Lipinski definition) is 4. The van der Waals surface area contributed by atoms with Crippen molar-refractivity contribution in [3.63, 3.8) is 0 Å². The first kappa shape index (κ1) is 12.9. The number of primary amides is 1. The van der Waals surface area contributed by atoms with Crippen LogP contribution in [-0.2, 0) is 4.79 Å². The van der Waals surface area contributed by atoms with E-state index in [0.717, 1.165) is 10.1 Å². The molecule has 3 rings (SSSR count). The third-order valence-electron chi connectivity index (χ3n) is 3.63. The monoisotopic (exact) mass is 289 g/mol. The van der Waals surface area contributed by atoms with Gasteiger partial charge in [-0.05, 0) is 36.1 Å². The summed E-state index contributed by atoms with van der Waals surface area (Å²) >= 11 is 1.45. The molecule has 6 heteroatoms. The minimum atomic E-state index is -0.329. The molecule has 4 N–H and O–H groups in total. The fourth-order valence-electron chi connectivity index (χ4n) is 2.50. The van der Waals surface area contributed by atoms with Gasteiger partial charge in [0.25, 0.3) is 5.91 Å². The van der Waals surface area contributed by atoms with E-state index in [1.165, 1.54) is 11.3 Å². The molecule has 0 aliphatic carbocycles. The number of benzene rings is 1. The highest BCUT2D eigenvalue weighted by atomic mass is 32.1. The standard InChI is InChI=1S/C14H15N3O2S/c15-10-1-2-11-9(5-10)6-12(20-11)14(19)17-4-3-8(7-17)13(16)18/h1-2,5-6,8H,3-4,7,15H2,(H2,16,18). The van der Waals surface area contributed by atoms with Gasteiger partial charge < -0.3 is 16.4 Å². The van der Waals surface area contributed by atoms with Crippen LogP contribution in [0.4, 0.5) is 5.69 Å². The average Bonchev–Trinajstić information content (AvgIpc) is 3.03. The molecule has 1 unspecified atom stereocenters. The van der Waals surface area contributed by atoms with Crippen molar-refractivity contribution in [3.8, 4) is 0 Å². The molecule has 1 atom stereocenters. The second-order valence-electron chi connectivity index (χ2n) is 5.05. The summed E-state index contributed by atoms with van der Waals surface area (Å²) < 4.78 is 1.04. The maximum atomic E-state index is 12.4. The number of fused-ring (bicyclic) bond motifs is 1. The first-order chi connectivity index (χ1) is 9.54. The lowest BCUT2D eigenvalue weighted by Crippen LogP contribution is -2.31. The molecule has 2 heterocycles. The van der Waals surface area contributed by atoms with Crippen LogP contribution in [0.15, 0.2) is 24.3 Å². The minimum absolute atomic E-state index is 0.0338. The number of carbonyl (C=O) groups excluding carboxylic acids is 2. The summed E-state index contributed by atoms with van der Waals surface area (Å²) in [7, 11) is 0. The number of nitrogens with zero attached hydrogens (tertiary/aromatic N) is 1. The minimum Gasteiger partial charge on any atom is -0.399 e. The van der Waals surface area contributed by atoms with Gasteiger partial charge in [0.05, 0.1) is 10.8 Å². The molecule has 2 aromatic rings. The quantitative estimate of drug-likeness (QED) is 0.820. The number of anilines is 1. The van der Waals surface area contributed by atoms with Crippen LogP contribution in [-0.4, -0.2) is 29.8 Å². The van der Waals surface area contributed by atoms with E-state index in [2.05, 4.69) is 0 Å². The Balaban J connectivity index is 1.84. The summed E-state index contributed by atoms with van der Waals surface area (Å²) in [5.41, 5.74) is 11.7. The third-order valence-corrected chi connectivity index (χ3v) is 4.73. The van der Waals surface area contributed by atoms with Crippen LogP contribution in [0.25, 0.3) is 10.1 Å². The normalized spacial score (nSPS) is 18.6. The Hall–Kier alpha value is -2.08. The van der Waals surface area contributed by atoms with Crippen LogP contribution in [0, 0.1) is 5.92 Å². The first-order valence-corrected chi connectivity index (χ1v) is 7.24. The van der Waals surface area contributed by atoms with Crippen LogP contribution in [0.5, 0.6) is 0 Å². The molecule has 20 heavy (non-hydrogen) atoms. The smallest absolute Gasteiger partial charge is 0.263 e. The maximum absolute atomic E-state index is 12.4. The topological polar surface area (TPSA) is 89.4 Å². The molecule has 0 spiro atoms. The van der Waals surface area contributed by atoms with E-state index in [-0.39, 0.29) is 17.7 Å². The van der Waals surface area contributed by atoms with E-state index in [0.29, 0.717) is 30.1 Å². The zero-order valence-corrected chi connectivity index (χ0v) is 11.7. The number of amides is 2. The third kappa shape index (κ3) is 2.22. The highest BCUT2D eigenvalue weighted by Gasteiger charge is 2.30. The Morgan fingerprint density at radius 1 is 1.30 bits per heavy atom. The lowest BCUT2D eigenvalue weighted by Gasteiger charge is -2.14. The van der Waals surface area contributed by atoms with E-state index in [4.69, 9.17) is 11.5 Å². The van der Waals surface area contributed by atoms with Crippen molar-refractivity contribution >= 4 is 38.9 Å². The SMILES string of the molecule is NC(=O)C1CCN(C(=O)c2cc3cc(N)ccc3s2)C1. The van der Waals surface area contributed by atoms with Crippen molar-refractivity contribution in [2.24, 2.45) is 11.7 Å². The summed E-state index contributed by atoms with van der Waals surface area (Å²) in [4.78, 5) is 26.0. The molecule has 1 aliphatic rings. The van der Waals surface area contributed by atoms with Gasteiger partial charge in [0.1, 0.15) is 0 Å². The fraction of sp³-hybridized carbons (Fsp3) is 0.286. The van der Waals surface area contributed by atoms with Crippen molar-refractivity contribution < 1.29 is 9.59 Å². The molecular formula is C14H15N3O2S. The van der Waals surface area contributed by atoms with Crippen molar-refractivity contribution in [3.05, 3.63) is 29.1 Å². The van der Waals surface area contributed by atoms with Crippen LogP contribution >= 0.6 is 11.3 Å². The zero-order chi connectivity index (χ0) is 14.3. The predicted molar refractivity (Wildman–Crippen MR) is 79.4 cm³/mol. The number of likely N-dealkylation sites (tertiary alicyclic amines) is 1. The van der Waals surface area contributed by atoms with Crippen molar-refractivity contribution in [2.45, 2.75) is 6.42 Å². The first-order valence-electron chi connectivity index (χ1n) is 6.42. The Kier molecular flexibility index (Phi) is 3.10.